The Morgan fingerprint density at radius 3 is 2.62 bits per heavy atom. The van der Waals surface area contributed by atoms with E-state index >= 15 is 0 Å². The summed E-state index contributed by atoms with van der Waals surface area (Å²) in [6.07, 6.45) is 0.829. The van der Waals surface area contributed by atoms with Crippen LogP contribution in [0.5, 0.6) is 5.75 Å². The van der Waals surface area contributed by atoms with E-state index in [4.69, 9.17) is 14.0 Å². The van der Waals surface area contributed by atoms with Crippen LogP contribution in [0.1, 0.15) is 33.0 Å². The van der Waals surface area contributed by atoms with Crippen molar-refractivity contribution in [3.05, 3.63) is 65.9 Å². The number of carbonyl (C=O) groups is 1. The number of urea groups is 1. The van der Waals surface area contributed by atoms with E-state index in [9.17, 15) is 13.6 Å². The molecular formula is C30H34F2N6O4. The van der Waals surface area contributed by atoms with Crippen molar-refractivity contribution in [3.8, 4) is 28.3 Å². The standard InChI is InChI=1S/C30H34F2N6O4/c1-4-30(2,3)27-18-28(37-42-27)34-29(39)33-24-8-5-19(15-23(24)32)25-17-26(36-35-25)21-7-6-20(16-22(21)31)41-14-11-38-9-12-40-13-10-38/h5-8,15-18H,4,9-14H2,1-3H3,(H,35,36)(H2,33,34,37,39). The fourth-order valence-corrected chi connectivity index (χ4v) is 4.40. The zero-order chi connectivity index (χ0) is 29.7. The third-order valence-electron chi connectivity index (χ3n) is 7.40. The highest BCUT2D eigenvalue weighted by molar-refractivity contribution is 5.99. The Balaban J connectivity index is 1.19. The number of nitrogens with zero attached hydrogens (tertiary/aromatic N) is 3. The first-order chi connectivity index (χ1) is 20.2. The molecule has 3 N–H and O–H groups in total. The summed E-state index contributed by atoms with van der Waals surface area (Å²) in [6.45, 7) is 10.4. The summed E-state index contributed by atoms with van der Waals surface area (Å²) in [5, 5.41) is 15.9. The molecule has 12 heteroatoms. The minimum atomic E-state index is -0.665. The molecule has 4 aromatic rings. The largest absolute Gasteiger partial charge is 0.492 e. The molecule has 2 amide bonds. The van der Waals surface area contributed by atoms with Gasteiger partial charge in [0, 0.05) is 48.3 Å². The average molecular weight is 581 g/mol. The Morgan fingerprint density at radius 1 is 1.07 bits per heavy atom. The van der Waals surface area contributed by atoms with Crippen LogP contribution in [0.4, 0.5) is 25.1 Å². The number of amides is 2. The fraction of sp³-hybridized carbons (Fsp3) is 0.367. The molecule has 0 spiro atoms. The summed E-state index contributed by atoms with van der Waals surface area (Å²) in [4.78, 5) is 14.7. The SMILES string of the molecule is CCC(C)(C)c1cc(NC(=O)Nc2ccc(-c3cc(-c4ccc(OCCN5CCOCC5)cc4F)[nH]n3)cc2F)no1. The molecule has 0 radical (unpaired) electrons. The summed E-state index contributed by atoms with van der Waals surface area (Å²) >= 11 is 0. The van der Waals surface area contributed by atoms with Gasteiger partial charge in [-0.05, 0) is 36.8 Å². The van der Waals surface area contributed by atoms with E-state index in [1.165, 1.54) is 18.2 Å². The van der Waals surface area contributed by atoms with Gasteiger partial charge in [0.25, 0.3) is 0 Å². The summed E-state index contributed by atoms with van der Waals surface area (Å²) in [6, 6.07) is 11.6. The lowest BCUT2D eigenvalue weighted by Crippen LogP contribution is -2.38. The van der Waals surface area contributed by atoms with Crippen LogP contribution in [0, 0.1) is 11.6 Å². The molecule has 0 saturated carbocycles. The number of H-pyrrole nitrogens is 1. The molecule has 0 atom stereocenters. The molecule has 1 saturated heterocycles. The van der Waals surface area contributed by atoms with Gasteiger partial charge in [-0.15, -0.1) is 0 Å². The van der Waals surface area contributed by atoms with Crippen molar-refractivity contribution in [3.63, 3.8) is 0 Å². The number of hydrogen-bond acceptors (Lipinski definition) is 7. The Bertz CT molecular complexity index is 1530. The van der Waals surface area contributed by atoms with Gasteiger partial charge in [0.05, 0.1) is 30.3 Å². The van der Waals surface area contributed by atoms with E-state index in [-0.39, 0.29) is 16.9 Å². The molecule has 2 aromatic carbocycles. The Kier molecular flexibility index (Phi) is 8.83. The highest BCUT2D eigenvalue weighted by Crippen LogP contribution is 2.30. The molecule has 42 heavy (non-hydrogen) atoms. The predicted molar refractivity (Wildman–Crippen MR) is 155 cm³/mol. The number of rotatable bonds is 10. The first kappa shape index (κ1) is 29.2. The van der Waals surface area contributed by atoms with Gasteiger partial charge in [0.2, 0.25) is 0 Å². The van der Waals surface area contributed by atoms with E-state index in [2.05, 4.69) is 30.9 Å². The van der Waals surface area contributed by atoms with Gasteiger partial charge in [-0.3, -0.25) is 15.3 Å². The lowest BCUT2D eigenvalue weighted by Gasteiger charge is -2.26. The maximum absolute atomic E-state index is 14.9. The normalized spacial score (nSPS) is 14.1. The van der Waals surface area contributed by atoms with Crippen molar-refractivity contribution in [2.75, 3.05) is 50.1 Å². The second-order valence-corrected chi connectivity index (χ2v) is 10.7. The van der Waals surface area contributed by atoms with Crippen LogP contribution in [-0.2, 0) is 10.2 Å². The molecule has 1 fully saturated rings. The van der Waals surface area contributed by atoms with Crippen LogP contribution in [0.2, 0.25) is 0 Å². The lowest BCUT2D eigenvalue weighted by atomic mass is 9.87. The minimum absolute atomic E-state index is 0.0279. The van der Waals surface area contributed by atoms with Crippen LogP contribution in [0.3, 0.4) is 0 Å². The van der Waals surface area contributed by atoms with Crippen LogP contribution in [0.25, 0.3) is 22.5 Å². The topological polar surface area (TPSA) is 118 Å². The van der Waals surface area contributed by atoms with Crippen molar-refractivity contribution in [2.45, 2.75) is 32.6 Å². The van der Waals surface area contributed by atoms with Gasteiger partial charge >= 0.3 is 6.03 Å². The van der Waals surface area contributed by atoms with E-state index in [0.29, 0.717) is 53.8 Å². The molecule has 0 bridgehead atoms. The molecule has 0 unspecified atom stereocenters. The molecule has 1 aliphatic rings. The molecule has 10 nitrogen and oxygen atoms in total. The lowest BCUT2D eigenvalue weighted by molar-refractivity contribution is 0.0322. The van der Waals surface area contributed by atoms with E-state index in [1.807, 2.05) is 20.8 Å². The first-order valence-corrected chi connectivity index (χ1v) is 13.8. The van der Waals surface area contributed by atoms with Gasteiger partial charge in [0.15, 0.2) is 5.82 Å². The molecule has 1 aliphatic heterocycles. The van der Waals surface area contributed by atoms with Crippen LogP contribution in [0.15, 0.2) is 53.1 Å². The number of nitrogens with one attached hydrogen (secondary N) is 3. The number of morpholine rings is 1. The van der Waals surface area contributed by atoms with Crippen molar-refractivity contribution >= 4 is 17.5 Å². The Hall–Kier alpha value is -4.29. The van der Waals surface area contributed by atoms with Crippen LogP contribution >= 0.6 is 0 Å². The highest BCUT2D eigenvalue weighted by atomic mass is 19.1. The Labute approximate surface area is 242 Å². The number of aromatic amines is 1. The van der Waals surface area contributed by atoms with Gasteiger partial charge in [-0.25, -0.2) is 13.6 Å². The van der Waals surface area contributed by atoms with Gasteiger partial charge in [-0.2, -0.15) is 5.10 Å². The predicted octanol–water partition coefficient (Wildman–Crippen LogP) is 6.05. The summed E-state index contributed by atoms with van der Waals surface area (Å²) in [5.74, 6) is 0.170. The van der Waals surface area contributed by atoms with E-state index in [1.54, 1.807) is 30.3 Å². The number of hydrogen-bond donors (Lipinski definition) is 3. The number of anilines is 2. The molecule has 3 heterocycles. The quantitative estimate of drug-likeness (QED) is 0.209. The molecule has 0 aliphatic carbocycles. The molecule has 2 aromatic heterocycles. The van der Waals surface area contributed by atoms with Crippen molar-refractivity contribution < 1.29 is 27.6 Å². The molecule has 222 valence electrons. The third-order valence-corrected chi connectivity index (χ3v) is 7.40. The number of carbonyl (C=O) groups excluding carboxylic acids is 1. The van der Waals surface area contributed by atoms with Crippen molar-refractivity contribution in [1.29, 1.82) is 0 Å². The molecule has 5 rings (SSSR count). The smallest absolute Gasteiger partial charge is 0.325 e. The average Bonchev–Trinajstić information content (AvgIpc) is 3.66. The van der Waals surface area contributed by atoms with E-state index < -0.39 is 17.7 Å². The van der Waals surface area contributed by atoms with Gasteiger partial charge in [-0.1, -0.05) is 32.0 Å². The van der Waals surface area contributed by atoms with Crippen molar-refractivity contribution in [2.24, 2.45) is 0 Å². The zero-order valence-corrected chi connectivity index (χ0v) is 23.8. The molecular weight excluding hydrogens is 546 g/mol. The zero-order valence-electron chi connectivity index (χ0n) is 23.8. The van der Waals surface area contributed by atoms with Crippen LogP contribution < -0.4 is 15.4 Å². The van der Waals surface area contributed by atoms with Gasteiger partial charge in [0.1, 0.15) is 29.8 Å². The maximum Gasteiger partial charge on any atom is 0.325 e. The second kappa shape index (κ2) is 12.7. The monoisotopic (exact) mass is 580 g/mol. The number of aromatic nitrogens is 3. The number of halogens is 2. The summed E-state index contributed by atoms with van der Waals surface area (Å²) in [7, 11) is 0. The third kappa shape index (κ3) is 6.94. The highest BCUT2D eigenvalue weighted by Gasteiger charge is 2.24. The second-order valence-electron chi connectivity index (χ2n) is 10.7. The fourth-order valence-electron chi connectivity index (χ4n) is 4.40. The maximum atomic E-state index is 14.9. The number of benzene rings is 2. The summed E-state index contributed by atoms with van der Waals surface area (Å²) < 4.78 is 46.2. The Morgan fingerprint density at radius 2 is 1.88 bits per heavy atom. The summed E-state index contributed by atoms with van der Waals surface area (Å²) in [5.41, 5.74) is 1.35. The first-order valence-electron chi connectivity index (χ1n) is 13.8. The minimum Gasteiger partial charge on any atom is -0.492 e. The van der Waals surface area contributed by atoms with E-state index in [0.717, 1.165) is 26.1 Å². The van der Waals surface area contributed by atoms with Gasteiger partial charge < -0.3 is 19.3 Å². The number of ether oxygens (including phenoxy) is 2. The van der Waals surface area contributed by atoms with Crippen molar-refractivity contribution in [1.82, 2.24) is 20.3 Å². The van der Waals surface area contributed by atoms with Crippen LogP contribution in [-0.4, -0.2) is 65.7 Å².